The summed E-state index contributed by atoms with van der Waals surface area (Å²) in [5.41, 5.74) is 0.787. The molecule has 0 spiro atoms. The van der Waals surface area contributed by atoms with Crippen molar-refractivity contribution in [3.05, 3.63) is 5.21 Å². The van der Waals surface area contributed by atoms with E-state index < -0.39 is 6.17 Å². The van der Waals surface area contributed by atoms with Crippen LogP contribution in [-0.2, 0) is 0 Å². The van der Waals surface area contributed by atoms with Gasteiger partial charge in [0.05, 0.1) is 0 Å². The quantitative estimate of drug-likeness (QED) is 0.419. The Morgan fingerprint density at radius 3 is 2.73 bits per heavy atom. The second-order valence-electron chi connectivity index (χ2n) is 3.13. The summed E-state index contributed by atoms with van der Waals surface area (Å²) in [7, 11) is 0. The highest BCUT2D eigenvalue weighted by molar-refractivity contribution is 5.78. The molecule has 1 N–H and O–H groups in total. The van der Waals surface area contributed by atoms with Gasteiger partial charge in [-0.3, -0.25) is 0 Å². The smallest absolute Gasteiger partial charge is 0.237 e. The van der Waals surface area contributed by atoms with Crippen LogP contribution in [0.25, 0.3) is 0 Å². The molecule has 1 rings (SSSR count). The van der Waals surface area contributed by atoms with Gasteiger partial charge in [-0.15, -0.1) is 5.06 Å². The highest BCUT2D eigenvalue weighted by atomic mass is 16.5. The predicted molar refractivity (Wildman–Crippen MR) is 41.5 cm³/mol. The van der Waals surface area contributed by atoms with Crippen LogP contribution in [0.15, 0.2) is 0 Å². The molecule has 0 radical (unpaired) electrons. The molecule has 1 heterocycles. The van der Waals surface area contributed by atoms with Crippen LogP contribution >= 0.6 is 0 Å². The lowest BCUT2D eigenvalue weighted by Crippen LogP contribution is -2.49. The third kappa shape index (κ3) is 1.36. The Balaban J connectivity index is 2.86. The van der Waals surface area contributed by atoms with Crippen molar-refractivity contribution in [2.24, 2.45) is 0 Å². The first-order valence-corrected chi connectivity index (χ1v) is 3.80. The van der Waals surface area contributed by atoms with Gasteiger partial charge in [0.1, 0.15) is 0 Å². The van der Waals surface area contributed by atoms with E-state index in [0.717, 1.165) is 15.5 Å². The largest absolute Gasteiger partial charge is 0.623 e. The van der Waals surface area contributed by atoms with Gasteiger partial charge in [-0.2, -0.15) is 4.74 Å². The molecular weight excluding hydrogens is 144 g/mol. The number of hydrogen-bond donors (Lipinski definition) is 1. The average Bonchev–Trinajstić information content (AvgIpc) is 1.97. The standard InChI is InChI=1S/C7H14N2O2/c1-5-4-6(2)9(11)7(3)8(5)10/h5,7,10H,4H2,1-3H3. The van der Waals surface area contributed by atoms with E-state index in [2.05, 4.69) is 0 Å². The van der Waals surface area contributed by atoms with Crippen LogP contribution in [0.5, 0.6) is 0 Å². The second-order valence-corrected chi connectivity index (χ2v) is 3.13. The molecule has 1 aliphatic heterocycles. The Labute approximate surface area is 66.3 Å². The minimum atomic E-state index is -0.446. The monoisotopic (exact) mass is 158 g/mol. The topological polar surface area (TPSA) is 49.5 Å². The zero-order valence-corrected chi connectivity index (χ0v) is 7.11. The van der Waals surface area contributed by atoms with E-state index in [-0.39, 0.29) is 6.04 Å². The molecule has 1 aliphatic rings. The molecule has 4 nitrogen and oxygen atoms in total. The summed E-state index contributed by atoms with van der Waals surface area (Å²) in [5, 5.41) is 21.6. The van der Waals surface area contributed by atoms with Gasteiger partial charge in [-0.1, -0.05) is 0 Å². The maximum atomic E-state index is 11.2. The molecule has 0 aromatic heterocycles. The van der Waals surface area contributed by atoms with Crippen molar-refractivity contribution < 1.29 is 9.95 Å². The fourth-order valence-electron chi connectivity index (χ4n) is 1.41. The Hall–Kier alpha value is -0.610. The van der Waals surface area contributed by atoms with Gasteiger partial charge < -0.3 is 10.4 Å². The van der Waals surface area contributed by atoms with Crippen molar-refractivity contribution >= 4 is 5.71 Å². The van der Waals surface area contributed by atoms with Crippen molar-refractivity contribution in [2.75, 3.05) is 0 Å². The maximum Gasteiger partial charge on any atom is 0.237 e. The number of nitrogens with zero attached hydrogens (tertiary/aromatic N) is 2. The van der Waals surface area contributed by atoms with Gasteiger partial charge in [-0.05, 0) is 6.92 Å². The lowest BCUT2D eigenvalue weighted by Gasteiger charge is -2.31. The van der Waals surface area contributed by atoms with Gasteiger partial charge in [0.2, 0.25) is 6.17 Å². The van der Waals surface area contributed by atoms with E-state index in [0.29, 0.717) is 6.42 Å². The summed E-state index contributed by atoms with van der Waals surface area (Å²) in [6, 6.07) is 0.0511. The summed E-state index contributed by atoms with van der Waals surface area (Å²) in [6.07, 6.45) is 0.198. The summed E-state index contributed by atoms with van der Waals surface area (Å²) < 4.78 is 0.847. The first kappa shape index (κ1) is 8.49. The highest BCUT2D eigenvalue weighted by Gasteiger charge is 2.31. The fourth-order valence-corrected chi connectivity index (χ4v) is 1.41. The number of rotatable bonds is 0. The van der Waals surface area contributed by atoms with Crippen molar-refractivity contribution in [1.82, 2.24) is 5.06 Å². The van der Waals surface area contributed by atoms with Crippen molar-refractivity contribution in [3.8, 4) is 0 Å². The van der Waals surface area contributed by atoms with E-state index in [1.807, 2.05) is 6.92 Å². The summed E-state index contributed by atoms with van der Waals surface area (Å²) in [6.45, 7) is 5.38. The third-order valence-electron chi connectivity index (χ3n) is 2.14. The van der Waals surface area contributed by atoms with E-state index in [1.54, 1.807) is 13.8 Å². The van der Waals surface area contributed by atoms with E-state index in [9.17, 15) is 10.4 Å². The van der Waals surface area contributed by atoms with Crippen LogP contribution in [-0.4, -0.2) is 32.9 Å². The predicted octanol–water partition coefficient (Wildman–Crippen LogP) is 0.787. The van der Waals surface area contributed by atoms with Crippen molar-refractivity contribution in [1.29, 1.82) is 0 Å². The minimum absolute atomic E-state index is 0.0511. The molecule has 0 aromatic carbocycles. The van der Waals surface area contributed by atoms with E-state index in [4.69, 9.17) is 0 Å². The summed E-state index contributed by atoms with van der Waals surface area (Å²) in [5.74, 6) is 0. The highest BCUT2D eigenvalue weighted by Crippen LogP contribution is 2.13. The van der Waals surface area contributed by atoms with E-state index >= 15 is 0 Å². The van der Waals surface area contributed by atoms with Gasteiger partial charge in [0.25, 0.3) is 0 Å². The normalized spacial score (nSPS) is 34.5. The van der Waals surface area contributed by atoms with Crippen LogP contribution in [0.3, 0.4) is 0 Å². The molecule has 2 unspecified atom stereocenters. The molecular formula is C7H14N2O2. The Bertz CT molecular complexity index is 191. The Kier molecular flexibility index (Phi) is 2.15. The molecule has 0 amide bonds. The molecule has 0 bridgehead atoms. The van der Waals surface area contributed by atoms with Crippen LogP contribution in [0.2, 0.25) is 0 Å². The molecule has 0 aliphatic carbocycles. The van der Waals surface area contributed by atoms with Crippen molar-refractivity contribution in [3.63, 3.8) is 0 Å². The molecule has 0 saturated carbocycles. The third-order valence-corrected chi connectivity index (χ3v) is 2.14. The minimum Gasteiger partial charge on any atom is -0.623 e. The molecule has 64 valence electrons. The van der Waals surface area contributed by atoms with Gasteiger partial charge in [0.15, 0.2) is 5.71 Å². The summed E-state index contributed by atoms with van der Waals surface area (Å²) >= 11 is 0. The lowest BCUT2D eigenvalue weighted by atomic mass is 10.1. The first-order chi connectivity index (χ1) is 5.04. The number of hydroxylamine groups is 3. The average molecular weight is 158 g/mol. The number of hydrogen-bond acceptors (Lipinski definition) is 3. The fraction of sp³-hybridized carbons (Fsp3) is 0.857. The second kappa shape index (κ2) is 2.79. The summed E-state index contributed by atoms with van der Waals surface area (Å²) in [4.78, 5) is 0. The van der Waals surface area contributed by atoms with E-state index in [1.165, 1.54) is 0 Å². The molecule has 0 saturated heterocycles. The first-order valence-electron chi connectivity index (χ1n) is 3.80. The van der Waals surface area contributed by atoms with Crippen LogP contribution in [0.4, 0.5) is 0 Å². The Morgan fingerprint density at radius 2 is 2.18 bits per heavy atom. The lowest BCUT2D eigenvalue weighted by molar-refractivity contribution is -0.563. The molecule has 0 aromatic rings. The van der Waals surface area contributed by atoms with Gasteiger partial charge in [-0.25, -0.2) is 0 Å². The van der Waals surface area contributed by atoms with Crippen LogP contribution in [0.1, 0.15) is 27.2 Å². The maximum absolute atomic E-state index is 11.2. The van der Waals surface area contributed by atoms with Gasteiger partial charge in [0, 0.05) is 26.3 Å². The molecule has 2 atom stereocenters. The SMILES string of the molecule is CC1=[N+]([O-])C(C)N(O)C(C)C1. The molecule has 0 fully saturated rings. The van der Waals surface area contributed by atoms with Crippen LogP contribution < -0.4 is 0 Å². The van der Waals surface area contributed by atoms with Crippen molar-refractivity contribution in [2.45, 2.75) is 39.4 Å². The Morgan fingerprint density at radius 1 is 1.64 bits per heavy atom. The van der Waals surface area contributed by atoms with Crippen LogP contribution in [0, 0.1) is 5.21 Å². The zero-order valence-electron chi connectivity index (χ0n) is 7.11. The molecule has 4 heteroatoms. The molecule has 11 heavy (non-hydrogen) atoms. The zero-order chi connectivity index (χ0) is 8.59. The van der Waals surface area contributed by atoms with Gasteiger partial charge >= 0.3 is 0 Å².